The van der Waals surface area contributed by atoms with Crippen molar-refractivity contribution in [1.29, 1.82) is 0 Å². The first-order valence-electron chi connectivity index (χ1n) is 3.62. The third kappa shape index (κ3) is 1.09. The molecule has 0 saturated carbocycles. The van der Waals surface area contributed by atoms with E-state index in [4.69, 9.17) is 9.31 Å². The Morgan fingerprint density at radius 1 is 1.18 bits per heavy atom. The van der Waals surface area contributed by atoms with Gasteiger partial charge < -0.3 is 9.31 Å². The third-order valence-corrected chi connectivity index (χ3v) is 1.61. The zero-order chi connectivity index (χ0) is 7.68. The minimum atomic E-state index is -0.201. The van der Waals surface area contributed by atoms with E-state index in [1.165, 1.54) is 0 Å². The highest BCUT2D eigenvalue weighted by Crippen LogP contribution is 2.31. The first-order valence-corrected chi connectivity index (χ1v) is 3.62. The SMILES string of the molecule is C[B]B1Oc2ccccc2O1. The number of hydrogen-bond acceptors (Lipinski definition) is 2. The van der Waals surface area contributed by atoms with Crippen molar-refractivity contribution in [2.45, 2.75) is 6.82 Å². The molecular weight excluding hydrogens is 138 g/mol. The molecule has 1 heterocycles. The molecule has 2 nitrogen and oxygen atoms in total. The van der Waals surface area contributed by atoms with Crippen LogP contribution < -0.4 is 9.31 Å². The molecule has 0 N–H and O–H groups in total. The highest BCUT2D eigenvalue weighted by Gasteiger charge is 2.28. The lowest BCUT2D eigenvalue weighted by Gasteiger charge is -1.98. The second kappa shape index (κ2) is 2.53. The highest BCUT2D eigenvalue weighted by molar-refractivity contribution is 7.06. The van der Waals surface area contributed by atoms with Gasteiger partial charge in [0.05, 0.1) is 0 Å². The van der Waals surface area contributed by atoms with E-state index in [0.29, 0.717) is 0 Å². The summed E-state index contributed by atoms with van der Waals surface area (Å²) in [7, 11) is 1.67. The van der Waals surface area contributed by atoms with Crippen LogP contribution in [0.15, 0.2) is 24.3 Å². The van der Waals surface area contributed by atoms with Crippen LogP contribution in [0.25, 0.3) is 0 Å². The molecule has 0 atom stereocenters. The topological polar surface area (TPSA) is 18.5 Å². The standard InChI is InChI=1S/C7H7B2O2/c1-8-9-10-6-4-2-3-5-7(6)11-9/h2-5H,1H3. The molecule has 0 spiro atoms. The summed E-state index contributed by atoms with van der Waals surface area (Å²) in [6.45, 7) is 1.91. The minimum absolute atomic E-state index is 0.201. The van der Waals surface area contributed by atoms with Gasteiger partial charge in [0, 0.05) is 0 Å². The normalized spacial score (nSPS) is 13.4. The van der Waals surface area contributed by atoms with Crippen molar-refractivity contribution in [1.82, 2.24) is 0 Å². The molecule has 0 fully saturated rings. The second-order valence-corrected chi connectivity index (χ2v) is 2.38. The molecule has 1 aliphatic rings. The lowest BCUT2D eigenvalue weighted by molar-refractivity contribution is 0.527. The fraction of sp³-hybridized carbons (Fsp3) is 0.143. The van der Waals surface area contributed by atoms with Crippen LogP contribution in [-0.2, 0) is 0 Å². The average Bonchev–Trinajstić information content (AvgIpc) is 2.46. The summed E-state index contributed by atoms with van der Waals surface area (Å²) >= 11 is 0. The zero-order valence-corrected chi connectivity index (χ0v) is 6.28. The van der Waals surface area contributed by atoms with E-state index in [0.717, 1.165) is 11.5 Å². The first-order chi connectivity index (χ1) is 5.40. The Balaban J connectivity index is 2.27. The summed E-state index contributed by atoms with van der Waals surface area (Å²) in [6.07, 6.45) is 0. The van der Waals surface area contributed by atoms with E-state index < -0.39 is 0 Å². The van der Waals surface area contributed by atoms with E-state index in [-0.39, 0.29) is 7.01 Å². The van der Waals surface area contributed by atoms with E-state index in [1.54, 1.807) is 0 Å². The lowest BCUT2D eigenvalue weighted by atomic mass is 9.46. The van der Waals surface area contributed by atoms with Crippen molar-refractivity contribution in [2.24, 2.45) is 0 Å². The van der Waals surface area contributed by atoms with Gasteiger partial charge in [-0.2, -0.15) is 0 Å². The van der Waals surface area contributed by atoms with Crippen molar-refractivity contribution in [2.75, 3.05) is 0 Å². The molecular formula is C7H7B2O2. The van der Waals surface area contributed by atoms with Crippen LogP contribution in [0.1, 0.15) is 0 Å². The fourth-order valence-electron chi connectivity index (χ4n) is 1.06. The number of fused-ring (bicyclic) bond motifs is 1. The highest BCUT2D eigenvalue weighted by atomic mass is 16.6. The van der Waals surface area contributed by atoms with Crippen LogP contribution in [-0.4, -0.2) is 14.2 Å². The molecule has 2 rings (SSSR count). The summed E-state index contributed by atoms with van der Waals surface area (Å²) in [5.74, 6) is 1.66. The van der Waals surface area contributed by atoms with Gasteiger partial charge in [0.15, 0.2) is 7.17 Å². The van der Waals surface area contributed by atoms with Crippen LogP contribution in [0.2, 0.25) is 6.82 Å². The largest absolute Gasteiger partial charge is 0.530 e. The lowest BCUT2D eigenvalue weighted by Crippen LogP contribution is -2.30. The molecule has 0 unspecified atom stereocenters. The maximum atomic E-state index is 5.38. The van der Waals surface area contributed by atoms with Crippen molar-refractivity contribution >= 4 is 14.2 Å². The number of para-hydroxylation sites is 2. The number of hydrogen-bond donors (Lipinski definition) is 0. The first kappa shape index (κ1) is 6.65. The quantitative estimate of drug-likeness (QED) is 0.552. The minimum Gasteiger partial charge on any atom is -0.530 e. The molecule has 0 aliphatic carbocycles. The van der Waals surface area contributed by atoms with E-state index >= 15 is 0 Å². The molecule has 53 valence electrons. The van der Waals surface area contributed by atoms with Gasteiger partial charge in [-0.3, -0.25) is 0 Å². The van der Waals surface area contributed by atoms with Crippen LogP contribution in [0.4, 0.5) is 0 Å². The van der Waals surface area contributed by atoms with Gasteiger partial charge in [0.1, 0.15) is 11.5 Å². The molecule has 1 aromatic rings. The van der Waals surface area contributed by atoms with Crippen molar-refractivity contribution in [3.05, 3.63) is 24.3 Å². The summed E-state index contributed by atoms with van der Waals surface area (Å²) in [6, 6.07) is 7.66. The van der Waals surface area contributed by atoms with Gasteiger partial charge in [-0.1, -0.05) is 19.0 Å². The molecule has 1 aromatic carbocycles. The van der Waals surface area contributed by atoms with E-state index in [1.807, 2.05) is 38.3 Å². The van der Waals surface area contributed by atoms with Gasteiger partial charge in [-0.25, -0.2) is 0 Å². The van der Waals surface area contributed by atoms with Crippen molar-refractivity contribution < 1.29 is 9.31 Å². The fourth-order valence-corrected chi connectivity index (χ4v) is 1.06. The third-order valence-electron chi connectivity index (χ3n) is 1.61. The Hall–Kier alpha value is -1.05. The average molecular weight is 145 g/mol. The molecule has 1 aliphatic heterocycles. The van der Waals surface area contributed by atoms with E-state index in [2.05, 4.69) is 0 Å². The van der Waals surface area contributed by atoms with Gasteiger partial charge in [-0.05, 0) is 12.1 Å². The monoisotopic (exact) mass is 145 g/mol. The Morgan fingerprint density at radius 2 is 1.73 bits per heavy atom. The van der Waals surface area contributed by atoms with Crippen LogP contribution in [0.5, 0.6) is 11.5 Å². The molecule has 0 bridgehead atoms. The van der Waals surface area contributed by atoms with Gasteiger partial charge >= 0.3 is 7.01 Å². The Kier molecular flexibility index (Phi) is 1.53. The van der Waals surface area contributed by atoms with Crippen LogP contribution >= 0.6 is 0 Å². The number of benzene rings is 1. The summed E-state index contributed by atoms with van der Waals surface area (Å²) in [5.41, 5.74) is 0. The summed E-state index contributed by atoms with van der Waals surface area (Å²) in [5, 5.41) is 0. The molecule has 1 radical (unpaired) electrons. The van der Waals surface area contributed by atoms with Crippen LogP contribution in [0.3, 0.4) is 0 Å². The van der Waals surface area contributed by atoms with Crippen LogP contribution in [0, 0.1) is 0 Å². The second-order valence-electron chi connectivity index (χ2n) is 2.38. The smallest absolute Gasteiger partial charge is 0.526 e. The Labute approximate surface area is 66.9 Å². The van der Waals surface area contributed by atoms with Gasteiger partial charge in [-0.15, -0.1) is 0 Å². The predicted octanol–water partition coefficient (Wildman–Crippen LogP) is 1.19. The summed E-state index contributed by atoms with van der Waals surface area (Å²) < 4.78 is 10.8. The Morgan fingerprint density at radius 3 is 2.18 bits per heavy atom. The molecule has 0 saturated heterocycles. The Bertz CT molecular complexity index is 239. The van der Waals surface area contributed by atoms with Gasteiger partial charge in [0.2, 0.25) is 0 Å². The van der Waals surface area contributed by atoms with Gasteiger partial charge in [0.25, 0.3) is 0 Å². The maximum absolute atomic E-state index is 5.38. The molecule has 11 heavy (non-hydrogen) atoms. The maximum Gasteiger partial charge on any atom is 0.526 e. The van der Waals surface area contributed by atoms with Crippen molar-refractivity contribution in [3.63, 3.8) is 0 Å². The number of rotatable bonds is 1. The molecule has 4 heteroatoms. The molecule has 0 amide bonds. The van der Waals surface area contributed by atoms with Crippen molar-refractivity contribution in [3.8, 4) is 11.5 Å². The molecule has 0 aromatic heterocycles. The zero-order valence-electron chi connectivity index (χ0n) is 6.28. The summed E-state index contributed by atoms with van der Waals surface area (Å²) in [4.78, 5) is 0. The van der Waals surface area contributed by atoms with E-state index in [9.17, 15) is 0 Å². The predicted molar refractivity (Wildman–Crippen MR) is 45.1 cm³/mol.